The van der Waals surface area contributed by atoms with Gasteiger partial charge in [0.25, 0.3) is 5.91 Å². The lowest BCUT2D eigenvalue weighted by atomic mass is 9.85. The van der Waals surface area contributed by atoms with Crippen molar-refractivity contribution in [3.8, 4) is 0 Å². The van der Waals surface area contributed by atoms with Crippen molar-refractivity contribution in [2.75, 3.05) is 0 Å². The molecule has 2 N–H and O–H groups in total. The second-order valence-corrected chi connectivity index (χ2v) is 11.2. The second kappa shape index (κ2) is 11.4. The molecule has 0 radical (unpaired) electrons. The van der Waals surface area contributed by atoms with E-state index in [0.717, 1.165) is 56.8 Å². The summed E-state index contributed by atoms with van der Waals surface area (Å²) in [6.07, 6.45) is 2.88. The molecule has 2 amide bonds. The van der Waals surface area contributed by atoms with Gasteiger partial charge in [-0.15, -0.1) is 9.81 Å². The fraction of sp³-hybridized carbons (Fsp3) is 0.333. The molecule has 0 saturated heterocycles. The van der Waals surface area contributed by atoms with Crippen molar-refractivity contribution in [1.29, 1.82) is 0 Å². The quantitative estimate of drug-likeness (QED) is 0.282. The molecule has 0 fully saturated rings. The van der Waals surface area contributed by atoms with Gasteiger partial charge >= 0.3 is 5.91 Å². The predicted octanol–water partition coefficient (Wildman–Crippen LogP) is 8.09. The van der Waals surface area contributed by atoms with E-state index in [1.54, 1.807) is 6.92 Å². The highest BCUT2D eigenvalue weighted by molar-refractivity contribution is 6.06. The first kappa shape index (κ1) is 29.6. The molecular formula is C33H34N6O4. The van der Waals surface area contributed by atoms with Crippen LogP contribution in [0.2, 0.25) is 0 Å². The summed E-state index contributed by atoms with van der Waals surface area (Å²) in [7, 11) is 0. The van der Waals surface area contributed by atoms with Crippen LogP contribution in [0.15, 0.2) is 35.1 Å². The molecular weight excluding hydrogens is 544 g/mol. The lowest BCUT2D eigenvalue weighted by molar-refractivity contribution is -0.118. The van der Waals surface area contributed by atoms with Gasteiger partial charge in [-0.05, 0) is 86.6 Å². The van der Waals surface area contributed by atoms with Crippen molar-refractivity contribution in [2.24, 2.45) is 10.4 Å². The van der Waals surface area contributed by atoms with Crippen molar-refractivity contribution in [1.82, 2.24) is 19.9 Å². The number of hydrogen-bond donors (Lipinski definition) is 2. The van der Waals surface area contributed by atoms with Crippen LogP contribution >= 0.6 is 0 Å². The third-order valence-electron chi connectivity index (χ3n) is 8.95. The number of nitrogens with one attached hydrogen (secondary N) is 2. The first-order valence-electron chi connectivity index (χ1n) is 14.4. The van der Waals surface area contributed by atoms with Gasteiger partial charge < -0.3 is 9.97 Å². The molecule has 0 unspecified atom stereocenters. The minimum absolute atomic E-state index is 0.0340. The van der Waals surface area contributed by atoms with E-state index in [0.29, 0.717) is 34.3 Å². The Balaban J connectivity index is 1.98. The molecule has 2 atom stereocenters. The van der Waals surface area contributed by atoms with E-state index in [9.17, 15) is 19.4 Å². The van der Waals surface area contributed by atoms with E-state index in [4.69, 9.17) is 9.97 Å². The van der Waals surface area contributed by atoms with Gasteiger partial charge in [-0.25, -0.2) is 4.98 Å². The molecule has 5 heterocycles. The first-order valence-corrected chi connectivity index (χ1v) is 14.4. The Kier molecular flexibility index (Phi) is 7.88. The summed E-state index contributed by atoms with van der Waals surface area (Å²) in [5, 5.41) is 5.33. The maximum atomic E-state index is 12.9. The largest absolute Gasteiger partial charge is 0.355 e. The van der Waals surface area contributed by atoms with Crippen molar-refractivity contribution < 1.29 is 9.59 Å². The zero-order valence-electron chi connectivity index (χ0n) is 25.2. The molecule has 0 aromatic carbocycles. The minimum atomic E-state index is -0.887. The molecule has 5 rings (SSSR count). The van der Waals surface area contributed by atoms with Crippen LogP contribution in [0.1, 0.15) is 107 Å². The molecule has 0 saturated carbocycles. The summed E-state index contributed by atoms with van der Waals surface area (Å²) >= 11 is 0. The summed E-state index contributed by atoms with van der Waals surface area (Å²) < 4.78 is 0. The van der Waals surface area contributed by atoms with Gasteiger partial charge in [-0.3, -0.25) is 14.6 Å². The Morgan fingerprint density at radius 3 is 2.28 bits per heavy atom. The highest BCUT2D eigenvalue weighted by Gasteiger charge is 2.32. The smallest absolute Gasteiger partial charge is 0.319 e. The van der Waals surface area contributed by atoms with E-state index in [-0.39, 0.29) is 23.8 Å². The molecule has 2 aliphatic heterocycles. The Morgan fingerprint density at radius 1 is 0.930 bits per heavy atom. The third-order valence-corrected chi connectivity index (χ3v) is 8.95. The number of hydrogen-bond acceptors (Lipinski definition) is 6. The molecule has 0 aliphatic carbocycles. The van der Waals surface area contributed by atoms with Crippen molar-refractivity contribution in [3.63, 3.8) is 0 Å². The lowest BCUT2D eigenvalue weighted by Gasteiger charge is -2.16. The average molecular weight is 579 g/mol. The highest BCUT2D eigenvalue weighted by Crippen LogP contribution is 2.42. The Bertz CT molecular complexity index is 1930. The van der Waals surface area contributed by atoms with Crippen molar-refractivity contribution in [3.05, 3.63) is 85.2 Å². The normalized spacial score (nSPS) is 16.3. The van der Waals surface area contributed by atoms with Gasteiger partial charge in [0.1, 0.15) is 0 Å². The van der Waals surface area contributed by atoms with Gasteiger partial charge in [-0.2, -0.15) is 0 Å². The number of amides is 2. The van der Waals surface area contributed by atoms with Crippen LogP contribution in [0.4, 0.5) is 0 Å². The average Bonchev–Trinajstić information content (AvgIpc) is 3.68. The summed E-state index contributed by atoms with van der Waals surface area (Å²) in [5.41, 5.74) is 11.4. The first-order chi connectivity index (χ1) is 20.5. The van der Waals surface area contributed by atoms with E-state index >= 15 is 0 Å². The van der Waals surface area contributed by atoms with Crippen LogP contribution in [0, 0.1) is 30.6 Å². The third kappa shape index (κ3) is 4.96. The number of aromatic amines is 2. The molecule has 220 valence electrons. The zero-order valence-corrected chi connectivity index (χ0v) is 25.2. The van der Waals surface area contributed by atoms with E-state index in [1.807, 2.05) is 52.0 Å². The van der Waals surface area contributed by atoms with Gasteiger partial charge in [0, 0.05) is 62.1 Å². The van der Waals surface area contributed by atoms with Crippen molar-refractivity contribution >= 4 is 51.1 Å². The number of aromatic nitrogens is 4. The Hall–Kier alpha value is -4.86. The van der Waals surface area contributed by atoms with Gasteiger partial charge in [-0.1, -0.05) is 26.5 Å². The molecule has 10 heteroatoms. The van der Waals surface area contributed by atoms with Crippen LogP contribution in [-0.2, 0) is 4.79 Å². The Labute approximate surface area is 248 Å². The number of nitrogens with zero attached hydrogens (tertiary/aromatic N) is 4. The maximum absolute atomic E-state index is 12.9. The van der Waals surface area contributed by atoms with Crippen LogP contribution in [0.5, 0.6) is 0 Å². The maximum Gasteiger partial charge on any atom is 0.319 e. The summed E-state index contributed by atoms with van der Waals surface area (Å²) in [4.78, 5) is 64.2. The molecule has 8 bridgehead atoms. The second-order valence-electron chi connectivity index (χ2n) is 11.2. The summed E-state index contributed by atoms with van der Waals surface area (Å²) in [6.45, 7) is 15.8. The number of allylic oxidation sites excluding steroid dienone is 2. The summed E-state index contributed by atoms with van der Waals surface area (Å²) in [6, 6.07) is 5.92. The number of H-pyrrole nitrogens is 2. The molecule has 10 nitrogen and oxygen atoms in total. The SMILES string of the molecule is C=Cc1c(C)c2cc3nc(c(C)c4[nH]c(cc5nc(cc1[nH]2)C(C)=C5CC)c(C)c4C(=O)N=O)[C@@H](CCC(=O)N=O)[C@@H]3C. The molecule has 2 aliphatic rings. The van der Waals surface area contributed by atoms with Crippen molar-refractivity contribution in [2.45, 2.75) is 72.6 Å². The minimum Gasteiger partial charge on any atom is -0.355 e. The standard InChI is InChI=1S/C33H34N6O4/c1-8-20-15(3)23-12-25-17(5)22(10-11-29(40)38-42)31(36-25)19(7)32-30(33(41)39-43)18(6)26(37-32)14-28-21(9-2)16(4)24(35-28)13-27(20)34-23/h8,12-14,17,22,34,37H,1,9-11H2,2-7H3/t17-,22-/m0/s1. The van der Waals surface area contributed by atoms with E-state index in [1.165, 1.54) is 0 Å². The molecule has 43 heavy (non-hydrogen) atoms. The number of carbonyl (C=O) groups excluding carboxylic acids is 2. The number of carbonyl (C=O) groups is 2. The zero-order chi connectivity index (χ0) is 31.2. The van der Waals surface area contributed by atoms with Gasteiger partial charge in [0.2, 0.25) is 0 Å². The molecule has 3 aromatic rings. The number of nitroso groups, excluding NO2 is 2. The van der Waals surface area contributed by atoms with Crippen LogP contribution in [0.3, 0.4) is 0 Å². The van der Waals surface area contributed by atoms with E-state index < -0.39 is 11.8 Å². The fourth-order valence-corrected chi connectivity index (χ4v) is 6.41. The van der Waals surface area contributed by atoms with Gasteiger partial charge in [0.05, 0.1) is 22.5 Å². The fourth-order valence-electron chi connectivity index (χ4n) is 6.41. The summed E-state index contributed by atoms with van der Waals surface area (Å²) in [5.74, 6) is -1.99. The van der Waals surface area contributed by atoms with E-state index in [2.05, 4.69) is 33.8 Å². The topological polar surface area (TPSA) is 150 Å². The van der Waals surface area contributed by atoms with Crippen LogP contribution in [-0.4, -0.2) is 31.8 Å². The van der Waals surface area contributed by atoms with Gasteiger partial charge in [0.15, 0.2) is 0 Å². The van der Waals surface area contributed by atoms with Crippen LogP contribution in [0.25, 0.3) is 39.3 Å². The van der Waals surface area contributed by atoms with Crippen LogP contribution < -0.4 is 0 Å². The monoisotopic (exact) mass is 578 g/mol. The number of rotatable bonds is 6. The molecule has 0 spiro atoms. The Morgan fingerprint density at radius 2 is 1.63 bits per heavy atom. The number of aryl methyl sites for hydroxylation is 3. The predicted molar refractivity (Wildman–Crippen MR) is 169 cm³/mol. The molecule has 3 aromatic heterocycles. The highest BCUT2D eigenvalue weighted by atomic mass is 16.3. The number of fused-ring (bicyclic) bond motifs is 8. The lowest BCUT2D eigenvalue weighted by Crippen LogP contribution is -2.06.